The molecule has 0 atom stereocenters. The highest BCUT2D eigenvalue weighted by Gasteiger charge is 2.26. The Hall–Kier alpha value is -2.90. The van der Waals surface area contributed by atoms with Crippen molar-refractivity contribution in [2.24, 2.45) is 7.05 Å². The number of aromatic carboxylic acids is 1. The molecule has 0 aliphatic heterocycles. The normalized spacial score (nSPS) is 10.3. The van der Waals surface area contributed by atoms with Crippen molar-refractivity contribution in [1.29, 1.82) is 0 Å². The van der Waals surface area contributed by atoms with Gasteiger partial charge in [-0.3, -0.25) is 9.32 Å². The number of aromatic nitrogens is 2. The van der Waals surface area contributed by atoms with Crippen molar-refractivity contribution in [2.75, 3.05) is 5.32 Å². The lowest BCUT2D eigenvalue weighted by atomic mass is 10.1. The average Bonchev–Trinajstić information content (AvgIpc) is 2.71. The number of nitrogens with one attached hydrogen (secondary N) is 2. The molecule has 1 aromatic carbocycles. The molecule has 1 amide bonds. The molecule has 3 N–H and O–H groups in total. The van der Waals surface area contributed by atoms with Crippen LogP contribution < -0.4 is 15.6 Å². The van der Waals surface area contributed by atoms with Gasteiger partial charge in [-0.25, -0.2) is 9.59 Å². The fraction of sp³-hybridized carbons (Fsp3) is 0.167. The zero-order chi connectivity index (χ0) is 14.9. The van der Waals surface area contributed by atoms with Crippen LogP contribution in [0.3, 0.4) is 0 Å². The summed E-state index contributed by atoms with van der Waals surface area (Å²) in [5, 5.41) is 13.6. The highest BCUT2D eigenvalue weighted by Crippen LogP contribution is 2.17. The molecule has 0 radical (unpaired) electrons. The topological polar surface area (TPSA) is 116 Å². The van der Waals surface area contributed by atoms with Crippen molar-refractivity contribution in [2.45, 2.75) is 6.92 Å². The van der Waals surface area contributed by atoms with Gasteiger partial charge in [0, 0.05) is 5.69 Å². The van der Waals surface area contributed by atoms with E-state index in [0.717, 1.165) is 4.68 Å². The Bertz CT molecular complexity index is 744. The predicted molar refractivity (Wildman–Crippen MR) is 66.6 cm³/mol. The van der Waals surface area contributed by atoms with Crippen LogP contribution in [-0.2, 0) is 7.05 Å². The molecule has 2 rings (SSSR count). The van der Waals surface area contributed by atoms with Crippen molar-refractivity contribution in [1.82, 2.24) is 5.27 Å². The number of rotatable bonds is 3. The van der Waals surface area contributed by atoms with Gasteiger partial charge in [0.2, 0.25) is 0 Å². The summed E-state index contributed by atoms with van der Waals surface area (Å²) in [5.74, 6) is -1.79. The number of hydrogen-bond donors (Lipinski definition) is 3. The highest BCUT2D eigenvalue weighted by atomic mass is 16.5. The summed E-state index contributed by atoms with van der Waals surface area (Å²) in [6, 6.07) is 4.32. The van der Waals surface area contributed by atoms with Crippen molar-refractivity contribution in [3.8, 4) is 0 Å². The SMILES string of the molecule is Cc1ccc(C(=O)O)cc1NC(=O)c1c(=O)o[nH][n+]1C. The first-order chi connectivity index (χ1) is 9.40. The van der Waals surface area contributed by atoms with Gasteiger partial charge in [0.25, 0.3) is 0 Å². The van der Waals surface area contributed by atoms with E-state index >= 15 is 0 Å². The van der Waals surface area contributed by atoms with Crippen molar-refractivity contribution in [3.05, 3.63) is 45.4 Å². The van der Waals surface area contributed by atoms with Crippen LogP contribution in [-0.4, -0.2) is 22.3 Å². The van der Waals surface area contributed by atoms with Crippen LogP contribution in [0.2, 0.25) is 0 Å². The summed E-state index contributed by atoms with van der Waals surface area (Å²) in [6.45, 7) is 1.71. The summed E-state index contributed by atoms with van der Waals surface area (Å²) >= 11 is 0. The van der Waals surface area contributed by atoms with E-state index in [9.17, 15) is 14.4 Å². The zero-order valence-electron chi connectivity index (χ0n) is 10.8. The molecular weight excluding hydrogens is 266 g/mol. The number of carbonyl (C=O) groups excluding carboxylic acids is 1. The number of carbonyl (C=O) groups is 2. The quantitative estimate of drug-likeness (QED) is 0.686. The van der Waals surface area contributed by atoms with Crippen LogP contribution >= 0.6 is 0 Å². The Morgan fingerprint density at radius 3 is 2.65 bits per heavy atom. The van der Waals surface area contributed by atoms with Gasteiger partial charge in [-0.05, 0) is 29.9 Å². The maximum atomic E-state index is 12.0. The number of H-pyrrole nitrogens is 1. The van der Waals surface area contributed by atoms with Gasteiger partial charge in [-0.15, -0.1) is 0 Å². The molecule has 0 spiro atoms. The van der Waals surface area contributed by atoms with E-state index < -0.39 is 17.5 Å². The van der Waals surface area contributed by atoms with Crippen LogP contribution in [0.4, 0.5) is 5.69 Å². The van der Waals surface area contributed by atoms with Crippen molar-refractivity contribution in [3.63, 3.8) is 0 Å². The third-order valence-electron chi connectivity index (χ3n) is 2.75. The number of hydrogen-bond acceptors (Lipinski definition) is 4. The average molecular weight is 278 g/mol. The number of amides is 1. The summed E-state index contributed by atoms with van der Waals surface area (Å²) in [4.78, 5) is 34.2. The molecule has 8 nitrogen and oxygen atoms in total. The van der Waals surface area contributed by atoms with E-state index in [4.69, 9.17) is 5.11 Å². The van der Waals surface area contributed by atoms with Crippen LogP contribution in [0, 0.1) is 6.92 Å². The van der Waals surface area contributed by atoms with E-state index in [0.29, 0.717) is 11.3 Å². The molecule has 0 saturated heterocycles. The van der Waals surface area contributed by atoms with Gasteiger partial charge < -0.3 is 10.4 Å². The second-order valence-corrected chi connectivity index (χ2v) is 4.18. The van der Waals surface area contributed by atoms with E-state index in [2.05, 4.69) is 15.1 Å². The number of carboxylic acid groups (broad SMARTS) is 1. The number of nitrogens with zero attached hydrogens (tertiary/aromatic N) is 1. The fourth-order valence-corrected chi connectivity index (χ4v) is 1.66. The second kappa shape index (κ2) is 5.00. The number of aromatic amines is 1. The lowest BCUT2D eigenvalue weighted by Gasteiger charge is -2.06. The molecule has 1 heterocycles. The maximum absolute atomic E-state index is 12.0. The van der Waals surface area contributed by atoms with Gasteiger partial charge >= 0.3 is 23.2 Å². The standard InChI is InChI=1S/C12H11N3O5/c1-6-3-4-7(11(17)18)5-8(6)13-10(16)9-12(19)20-14-15(9)2/h3-5H,1-2H3,(H2-,13,14,16,17,18,19)/p+1. The number of benzene rings is 1. The second-order valence-electron chi connectivity index (χ2n) is 4.18. The van der Waals surface area contributed by atoms with Crippen LogP contribution in [0.25, 0.3) is 0 Å². The largest absolute Gasteiger partial charge is 0.478 e. The van der Waals surface area contributed by atoms with Crippen molar-refractivity contribution < 1.29 is 23.9 Å². The maximum Gasteiger partial charge on any atom is 0.440 e. The minimum absolute atomic E-state index is 0.0383. The van der Waals surface area contributed by atoms with Crippen LogP contribution in [0.5, 0.6) is 0 Å². The molecule has 1 aromatic heterocycles. The minimum atomic E-state index is -1.10. The van der Waals surface area contributed by atoms with Gasteiger partial charge in [-0.2, -0.15) is 0 Å². The Morgan fingerprint density at radius 2 is 2.10 bits per heavy atom. The molecule has 2 aromatic rings. The first-order valence-electron chi connectivity index (χ1n) is 5.63. The van der Waals surface area contributed by atoms with E-state index in [1.54, 1.807) is 13.0 Å². The van der Waals surface area contributed by atoms with E-state index in [1.807, 2.05) is 0 Å². The summed E-state index contributed by atoms with van der Waals surface area (Å²) in [5.41, 5.74) is -0.0000233. The molecular formula is C12H12N3O5+. The number of aryl methyl sites for hydroxylation is 2. The molecule has 0 bridgehead atoms. The first-order valence-corrected chi connectivity index (χ1v) is 5.63. The molecule has 0 fully saturated rings. The minimum Gasteiger partial charge on any atom is -0.478 e. The fourth-order valence-electron chi connectivity index (χ4n) is 1.66. The summed E-state index contributed by atoms with van der Waals surface area (Å²) < 4.78 is 5.61. The number of carboxylic acids is 1. The summed E-state index contributed by atoms with van der Waals surface area (Å²) in [6.07, 6.45) is 0. The molecule has 0 unspecified atom stereocenters. The summed E-state index contributed by atoms with van der Waals surface area (Å²) in [7, 11) is 1.44. The van der Waals surface area contributed by atoms with E-state index in [-0.39, 0.29) is 11.3 Å². The lowest BCUT2D eigenvalue weighted by molar-refractivity contribution is -0.741. The molecule has 8 heteroatoms. The monoisotopic (exact) mass is 278 g/mol. The number of anilines is 1. The Morgan fingerprint density at radius 1 is 1.40 bits per heavy atom. The predicted octanol–water partition coefficient (Wildman–Crippen LogP) is 0.0513. The van der Waals surface area contributed by atoms with Crippen LogP contribution in [0.15, 0.2) is 27.5 Å². The zero-order valence-corrected chi connectivity index (χ0v) is 10.8. The lowest BCUT2D eigenvalue weighted by Crippen LogP contribution is -2.41. The third kappa shape index (κ3) is 2.44. The Balaban J connectivity index is 2.35. The molecule has 0 aliphatic rings. The Kier molecular flexibility index (Phi) is 3.38. The molecule has 0 saturated carbocycles. The van der Waals surface area contributed by atoms with Gasteiger partial charge in [0.15, 0.2) is 7.05 Å². The van der Waals surface area contributed by atoms with E-state index in [1.165, 1.54) is 19.2 Å². The third-order valence-corrected chi connectivity index (χ3v) is 2.75. The van der Waals surface area contributed by atoms with Crippen LogP contribution in [0.1, 0.15) is 26.4 Å². The first kappa shape index (κ1) is 13.5. The van der Waals surface area contributed by atoms with Gasteiger partial charge in [-0.1, -0.05) is 10.7 Å². The molecule has 104 valence electrons. The Labute approximate surface area is 112 Å². The molecule has 20 heavy (non-hydrogen) atoms. The van der Waals surface area contributed by atoms with Gasteiger partial charge in [0.05, 0.1) is 5.56 Å². The smallest absolute Gasteiger partial charge is 0.440 e. The van der Waals surface area contributed by atoms with Crippen molar-refractivity contribution >= 4 is 17.6 Å². The highest BCUT2D eigenvalue weighted by molar-refractivity contribution is 6.02. The molecule has 0 aliphatic carbocycles. The van der Waals surface area contributed by atoms with Gasteiger partial charge in [0.1, 0.15) is 0 Å².